The lowest BCUT2D eigenvalue weighted by molar-refractivity contribution is -0.140. The second-order valence-electron chi connectivity index (χ2n) is 10.0. The molecule has 0 saturated carbocycles. The SMILES string of the molecule is Cn1nc(C(F)(F)F)c2c1COC/C=C\Cn1c(C=O)c(CCCOc3cccc4ccccc34)c3cccc-2c31. The summed E-state index contributed by atoms with van der Waals surface area (Å²) in [4.78, 5) is 12.5. The van der Waals surface area contributed by atoms with Crippen molar-refractivity contribution in [3.63, 3.8) is 0 Å². The molecule has 0 bridgehead atoms. The van der Waals surface area contributed by atoms with Crippen molar-refractivity contribution in [1.29, 1.82) is 0 Å². The summed E-state index contributed by atoms with van der Waals surface area (Å²) in [5.74, 6) is 0.786. The average Bonchev–Trinajstić information content (AvgIpc) is 3.45. The Bertz CT molecular complexity index is 1780. The van der Waals surface area contributed by atoms with Crippen LogP contribution in [-0.4, -0.2) is 33.8 Å². The van der Waals surface area contributed by atoms with Gasteiger partial charge in [-0.05, 0) is 29.9 Å². The van der Waals surface area contributed by atoms with Crippen molar-refractivity contribution in [3.8, 4) is 16.9 Å². The van der Waals surface area contributed by atoms with Crippen LogP contribution in [0.4, 0.5) is 13.2 Å². The van der Waals surface area contributed by atoms with E-state index in [0.717, 1.165) is 33.8 Å². The van der Waals surface area contributed by atoms with Crippen LogP contribution in [0, 0.1) is 0 Å². The highest BCUT2D eigenvalue weighted by atomic mass is 19.4. The van der Waals surface area contributed by atoms with Crippen LogP contribution in [-0.2, 0) is 37.5 Å². The normalized spacial score (nSPS) is 14.5. The first kappa shape index (κ1) is 26.8. The van der Waals surface area contributed by atoms with Crippen LogP contribution in [0.1, 0.15) is 33.9 Å². The summed E-state index contributed by atoms with van der Waals surface area (Å²) in [6.45, 7) is 0.923. The Morgan fingerprint density at radius 1 is 1.02 bits per heavy atom. The first-order chi connectivity index (χ1) is 19.9. The summed E-state index contributed by atoms with van der Waals surface area (Å²) in [5.41, 5.74) is 1.52. The molecule has 3 aromatic carbocycles. The maximum Gasteiger partial charge on any atom is 0.435 e. The molecule has 1 aliphatic heterocycles. The van der Waals surface area contributed by atoms with Crippen molar-refractivity contribution in [2.75, 3.05) is 13.2 Å². The van der Waals surface area contributed by atoms with Gasteiger partial charge in [0.25, 0.3) is 0 Å². The van der Waals surface area contributed by atoms with E-state index in [-0.39, 0.29) is 18.8 Å². The summed E-state index contributed by atoms with van der Waals surface area (Å²) in [6, 6.07) is 19.2. The number of nitrogens with zero attached hydrogens (tertiary/aromatic N) is 3. The number of fused-ring (bicyclic) bond motifs is 3. The van der Waals surface area contributed by atoms with E-state index in [1.54, 1.807) is 16.7 Å². The number of allylic oxidation sites excluding steroid dienone is 1. The van der Waals surface area contributed by atoms with Crippen LogP contribution in [0.25, 0.3) is 32.8 Å². The number of carbonyl (C=O) groups excluding carboxylic acids is 1. The number of benzene rings is 3. The van der Waals surface area contributed by atoms with Gasteiger partial charge < -0.3 is 14.0 Å². The van der Waals surface area contributed by atoms with Crippen LogP contribution in [0.3, 0.4) is 0 Å². The van der Waals surface area contributed by atoms with Gasteiger partial charge in [-0.25, -0.2) is 0 Å². The molecule has 0 spiro atoms. The van der Waals surface area contributed by atoms with Crippen molar-refractivity contribution in [2.24, 2.45) is 7.05 Å². The van der Waals surface area contributed by atoms with Crippen molar-refractivity contribution >= 4 is 28.0 Å². The minimum Gasteiger partial charge on any atom is -0.493 e. The minimum absolute atomic E-state index is 0.0189. The topological polar surface area (TPSA) is 58.3 Å². The van der Waals surface area contributed by atoms with Crippen molar-refractivity contribution in [1.82, 2.24) is 14.3 Å². The van der Waals surface area contributed by atoms with Gasteiger partial charge in [0.1, 0.15) is 5.75 Å². The van der Waals surface area contributed by atoms with Gasteiger partial charge in [-0.3, -0.25) is 9.48 Å². The zero-order valence-corrected chi connectivity index (χ0v) is 22.4. The molecule has 0 atom stereocenters. The predicted octanol–water partition coefficient (Wildman–Crippen LogP) is 7.12. The number of halogens is 3. The van der Waals surface area contributed by atoms with Gasteiger partial charge >= 0.3 is 6.18 Å². The maximum absolute atomic E-state index is 14.2. The molecule has 210 valence electrons. The van der Waals surface area contributed by atoms with Gasteiger partial charge in [-0.2, -0.15) is 18.3 Å². The molecular weight excluding hydrogens is 531 g/mol. The second-order valence-corrected chi connectivity index (χ2v) is 10.0. The molecule has 6 rings (SSSR count). The average molecular weight is 560 g/mol. The number of aldehydes is 1. The quantitative estimate of drug-likeness (QED) is 0.126. The second kappa shape index (κ2) is 10.9. The molecule has 0 radical (unpaired) electrons. The van der Waals surface area contributed by atoms with Gasteiger partial charge in [0.15, 0.2) is 12.0 Å². The summed E-state index contributed by atoms with van der Waals surface area (Å²) in [5, 5.41) is 6.70. The number of carbonyl (C=O) groups is 1. The Morgan fingerprint density at radius 3 is 2.63 bits per heavy atom. The van der Waals surface area contributed by atoms with Crippen molar-refractivity contribution in [2.45, 2.75) is 32.2 Å². The van der Waals surface area contributed by atoms with Crippen LogP contribution in [0.2, 0.25) is 0 Å². The lowest BCUT2D eigenvalue weighted by Gasteiger charge is -2.13. The highest BCUT2D eigenvalue weighted by molar-refractivity contribution is 6.02. The highest BCUT2D eigenvalue weighted by Crippen LogP contribution is 2.43. The van der Waals surface area contributed by atoms with E-state index >= 15 is 0 Å². The Balaban J connectivity index is 1.42. The fourth-order valence-electron chi connectivity index (χ4n) is 5.72. The van der Waals surface area contributed by atoms with Crippen LogP contribution in [0.5, 0.6) is 5.75 Å². The van der Waals surface area contributed by atoms with Crippen molar-refractivity contribution in [3.05, 3.63) is 95.5 Å². The number of alkyl halides is 3. The summed E-state index contributed by atoms with van der Waals surface area (Å²) in [6.07, 6.45) is 0.943. The number of rotatable bonds is 6. The Labute approximate surface area is 234 Å². The third-order valence-electron chi connectivity index (χ3n) is 7.53. The summed E-state index contributed by atoms with van der Waals surface area (Å²) < 4.78 is 57.5. The maximum atomic E-state index is 14.2. The molecule has 0 unspecified atom stereocenters. The molecule has 0 saturated heterocycles. The highest BCUT2D eigenvalue weighted by Gasteiger charge is 2.40. The Kier molecular flexibility index (Phi) is 7.13. The molecule has 1 aliphatic rings. The smallest absolute Gasteiger partial charge is 0.435 e. The van der Waals surface area contributed by atoms with Gasteiger partial charge in [0, 0.05) is 35.5 Å². The number of ether oxygens (including phenoxy) is 2. The molecule has 5 aromatic rings. The van der Waals surface area contributed by atoms with Crippen molar-refractivity contribution < 1.29 is 27.4 Å². The molecular formula is C32H28F3N3O3. The first-order valence-corrected chi connectivity index (χ1v) is 13.4. The number of hydrogen-bond acceptors (Lipinski definition) is 4. The number of para-hydroxylation sites is 1. The Morgan fingerprint density at radius 2 is 1.80 bits per heavy atom. The van der Waals surface area contributed by atoms with Crippen LogP contribution < -0.4 is 4.74 Å². The summed E-state index contributed by atoms with van der Waals surface area (Å²) >= 11 is 0. The molecule has 0 aliphatic carbocycles. The standard InChI is InChI=1S/C32H28F3N3O3/c1-37-27-20-40-17-5-4-16-38-26(19-39)23(14-8-18-41-28-15-6-10-21-9-2-3-11-22(21)28)24-12-7-13-25(30(24)38)29(27)31(36-37)32(33,34)35/h2-7,9-13,15,19H,8,14,16-18,20H2,1H3/b5-4-. The monoisotopic (exact) mass is 559 g/mol. The lowest BCUT2D eigenvalue weighted by atomic mass is 9.98. The van der Waals surface area contributed by atoms with E-state index < -0.39 is 11.9 Å². The minimum atomic E-state index is -4.67. The van der Waals surface area contributed by atoms with E-state index in [1.807, 2.05) is 60.7 Å². The fourth-order valence-corrected chi connectivity index (χ4v) is 5.72. The molecule has 0 N–H and O–H groups in total. The number of hydrogen-bond donors (Lipinski definition) is 0. The molecule has 3 heterocycles. The predicted molar refractivity (Wildman–Crippen MR) is 151 cm³/mol. The number of aryl methyl sites for hydroxylation is 2. The van der Waals surface area contributed by atoms with E-state index in [2.05, 4.69) is 5.10 Å². The third-order valence-corrected chi connectivity index (χ3v) is 7.53. The van der Waals surface area contributed by atoms with Gasteiger partial charge in [0.2, 0.25) is 0 Å². The van der Waals surface area contributed by atoms with Crippen LogP contribution in [0.15, 0.2) is 72.8 Å². The third kappa shape index (κ3) is 4.91. The van der Waals surface area contributed by atoms with Gasteiger partial charge in [0.05, 0.1) is 36.7 Å². The van der Waals surface area contributed by atoms with E-state index in [1.165, 1.54) is 11.7 Å². The van der Waals surface area contributed by atoms with E-state index in [0.29, 0.717) is 48.5 Å². The first-order valence-electron chi connectivity index (χ1n) is 13.4. The molecule has 9 heteroatoms. The lowest BCUT2D eigenvalue weighted by Crippen LogP contribution is -2.09. The number of aromatic nitrogens is 3. The van der Waals surface area contributed by atoms with E-state index in [4.69, 9.17) is 9.47 Å². The van der Waals surface area contributed by atoms with E-state index in [9.17, 15) is 18.0 Å². The Hall–Kier alpha value is -4.37. The summed E-state index contributed by atoms with van der Waals surface area (Å²) in [7, 11) is 1.49. The zero-order valence-electron chi connectivity index (χ0n) is 22.4. The van der Waals surface area contributed by atoms with Crippen LogP contribution >= 0.6 is 0 Å². The van der Waals surface area contributed by atoms with Gasteiger partial charge in [-0.1, -0.05) is 66.7 Å². The largest absolute Gasteiger partial charge is 0.493 e. The molecule has 41 heavy (non-hydrogen) atoms. The molecule has 2 aromatic heterocycles. The van der Waals surface area contributed by atoms with Gasteiger partial charge in [-0.15, -0.1) is 0 Å². The zero-order chi connectivity index (χ0) is 28.6. The molecule has 0 fully saturated rings. The molecule has 6 nitrogen and oxygen atoms in total. The fraction of sp³-hybridized carbons (Fsp3) is 0.250. The molecule has 0 amide bonds.